The van der Waals surface area contributed by atoms with Gasteiger partial charge in [0.1, 0.15) is 23.1 Å². The summed E-state index contributed by atoms with van der Waals surface area (Å²) < 4.78 is 31.1. The number of ether oxygens (including phenoxy) is 2. The summed E-state index contributed by atoms with van der Waals surface area (Å²) in [7, 11) is 0. The molecular formula is C26H25FN2O5. The smallest absolute Gasteiger partial charge is 0.265 e. The lowest BCUT2D eigenvalue weighted by Gasteiger charge is -2.37. The predicted molar refractivity (Wildman–Crippen MR) is 123 cm³/mol. The number of nitrogens with zero attached hydrogens (tertiary/aromatic N) is 2. The van der Waals surface area contributed by atoms with Crippen LogP contribution in [0, 0.1) is 5.82 Å². The molecule has 2 aromatic carbocycles. The summed E-state index contributed by atoms with van der Waals surface area (Å²) in [5, 5.41) is 0. The molecule has 0 saturated carbocycles. The van der Waals surface area contributed by atoms with Crippen LogP contribution in [0.5, 0.6) is 5.75 Å². The third-order valence-corrected chi connectivity index (χ3v) is 6.06. The molecule has 3 heterocycles. The molecule has 176 valence electrons. The first-order valence-electron chi connectivity index (χ1n) is 11.4. The minimum atomic E-state index is -0.770. The van der Waals surface area contributed by atoms with E-state index in [1.807, 2.05) is 18.2 Å². The molecule has 0 aliphatic carbocycles. The van der Waals surface area contributed by atoms with Gasteiger partial charge in [-0.05, 0) is 36.4 Å². The number of para-hydroxylation sites is 2. The molecule has 0 bridgehead atoms. The van der Waals surface area contributed by atoms with E-state index in [-0.39, 0.29) is 30.6 Å². The van der Waals surface area contributed by atoms with Crippen LogP contribution in [0.3, 0.4) is 0 Å². The van der Waals surface area contributed by atoms with Crippen LogP contribution in [0.25, 0.3) is 11.3 Å². The monoisotopic (exact) mass is 464 g/mol. The van der Waals surface area contributed by atoms with Gasteiger partial charge in [-0.2, -0.15) is 0 Å². The number of anilines is 1. The zero-order valence-electron chi connectivity index (χ0n) is 18.6. The highest BCUT2D eigenvalue weighted by Crippen LogP contribution is 2.34. The lowest BCUT2D eigenvalue weighted by atomic mass is 10.1. The SMILES string of the molecule is O=C([C@@H]1CN(C(=O)CCc2ccc(-c3ccccc3F)o2)c2ccccc2O1)N1CCOCC1. The first-order valence-corrected chi connectivity index (χ1v) is 11.4. The average Bonchev–Trinajstić information content (AvgIpc) is 3.35. The molecule has 3 aromatic rings. The van der Waals surface area contributed by atoms with E-state index < -0.39 is 6.10 Å². The Morgan fingerprint density at radius 2 is 1.74 bits per heavy atom. The summed E-state index contributed by atoms with van der Waals surface area (Å²) in [6, 6.07) is 17.1. The van der Waals surface area contributed by atoms with E-state index in [4.69, 9.17) is 13.9 Å². The molecule has 1 aromatic heterocycles. The van der Waals surface area contributed by atoms with Gasteiger partial charge in [-0.25, -0.2) is 4.39 Å². The highest BCUT2D eigenvalue weighted by molar-refractivity contribution is 5.97. The minimum absolute atomic E-state index is 0.139. The molecule has 8 heteroatoms. The van der Waals surface area contributed by atoms with Crippen molar-refractivity contribution in [3.05, 3.63) is 72.2 Å². The van der Waals surface area contributed by atoms with Crippen molar-refractivity contribution in [3.8, 4) is 17.1 Å². The summed E-state index contributed by atoms with van der Waals surface area (Å²) in [5.74, 6) is 0.881. The van der Waals surface area contributed by atoms with Gasteiger partial charge in [0, 0.05) is 25.9 Å². The molecule has 0 radical (unpaired) electrons. The summed E-state index contributed by atoms with van der Waals surface area (Å²) >= 11 is 0. The van der Waals surface area contributed by atoms with Gasteiger partial charge < -0.3 is 23.7 Å². The summed E-state index contributed by atoms with van der Waals surface area (Å²) in [6.45, 7) is 2.16. The Hall–Kier alpha value is -3.65. The number of benzene rings is 2. The number of hydrogen-bond donors (Lipinski definition) is 0. The summed E-state index contributed by atoms with van der Waals surface area (Å²) in [4.78, 5) is 29.6. The van der Waals surface area contributed by atoms with E-state index in [1.165, 1.54) is 6.07 Å². The second-order valence-corrected chi connectivity index (χ2v) is 8.26. The number of rotatable bonds is 5. The number of halogens is 1. The van der Waals surface area contributed by atoms with Gasteiger partial charge in [-0.3, -0.25) is 9.59 Å². The second kappa shape index (κ2) is 9.69. The van der Waals surface area contributed by atoms with E-state index in [2.05, 4.69) is 0 Å². The highest BCUT2D eigenvalue weighted by atomic mass is 19.1. The number of carbonyl (C=O) groups excluding carboxylic acids is 2. The molecule has 2 amide bonds. The number of fused-ring (bicyclic) bond motifs is 1. The number of hydrogen-bond acceptors (Lipinski definition) is 5. The second-order valence-electron chi connectivity index (χ2n) is 8.26. The van der Waals surface area contributed by atoms with Gasteiger partial charge in [-0.1, -0.05) is 24.3 Å². The number of morpholine rings is 1. The molecule has 1 saturated heterocycles. The Balaban J connectivity index is 1.29. The van der Waals surface area contributed by atoms with Crippen molar-refractivity contribution in [3.63, 3.8) is 0 Å². The van der Waals surface area contributed by atoms with Gasteiger partial charge in [0.15, 0.2) is 6.10 Å². The first kappa shape index (κ1) is 22.2. The quantitative estimate of drug-likeness (QED) is 0.576. The Kier molecular flexibility index (Phi) is 6.31. The number of amides is 2. The third-order valence-electron chi connectivity index (χ3n) is 6.06. The molecule has 0 N–H and O–H groups in total. The lowest BCUT2D eigenvalue weighted by molar-refractivity contribution is -0.142. The molecule has 1 fully saturated rings. The Morgan fingerprint density at radius 3 is 2.56 bits per heavy atom. The maximum atomic E-state index is 14.0. The maximum absolute atomic E-state index is 14.0. The predicted octanol–water partition coefficient (Wildman–Crippen LogP) is 3.67. The fourth-order valence-electron chi connectivity index (χ4n) is 4.27. The van der Waals surface area contributed by atoms with Crippen LogP contribution >= 0.6 is 0 Å². The zero-order valence-corrected chi connectivity index (χ0v) is 18.6. The highest BCUT2D eigenvalue weighted by Gasteiger charge is 2.36. The molecule has 0 unspecified atom stereocenters. The molecule has 34 heavy (non-hydrogen) atoms. The van der Waals surface area contributed by atoms with Crippen LogP contribution < -0.4 is 9.64 Å². The van der Waals surface area contributed by atoms with Crippen molar-refractivity contribution >= 4 is 17.5 Å². The van der Waals surface area contributed by atoms with Crippen LogP contribution in [0.2, 0.25) is 0 Å². The summed E-state index contributed by atoms with van der Waals surface area (Å²) in [6.07, 6.45) is -0.237. The maximum Gasteiger partial charge on any atom is 0.265 e. The molecule has 5 rings (SSSR count). The van der Waals surface area contributed by atoms with Crippen LogP contribution in [0.15, 0.2) is 65.1 Å². The van der Waals surface area contributed by atoms with Gasteiger partial charge >= 0.3 is 0 Å². The fourth-order valence-corrected chi connectivity index (χ4v) is 4.27. The lowest BCUT2D eigenvalue weighted by Crippen LogP contribution is -2.54. The zero-order chi connectivity index (χ0) is 23.5. The molecule has 7 nitrogen and oxygen atoms in total. The number of carbonyl (C=O) groups is 2. The Bertz CT molecular complexity index is 1190. The molecule has 2 aliphatic rings. The molecule has 0 spiro atoms. The Labute approximate surface area is 196 Å². The van der Waals surface area contributed by atoms with Crippen molar-refractivity contribution in [1.29, 1.82) is 0 Å². The van der Waals surface area contributed by atoms with Gasteiger partial charge in [0.2, 0.25) is 5.91 Å². The largest absolute Gasteiger partial charge is 0.476 e. The number of furan rings is 1. The van der Waals surface area contributed by atoms with Crippen molar-refractivity contribution in [2.24, 2.45) is 0 Å². The molecule has 1 atom stereocenters. The number of aryl methyl sites for hydroxylation is 1. The molecular weight excluding hydrogens is 439 g/mol. The van der Waals surface area contributed by atoms with Gasteiger partial charge in [0.05, 0.1) is 31.0 Å². The third kappa shape index (κ3) is 4.54. The van der Waals surface area contributed by atoms with Crippen LogP contribution in [0.1, 0.15) is 12.2 Å². The Morgan fingerprint density at radius 1 is 0.971 bits per heavy atom. The topological polar surface area (TPSA) is 72.2 Å². The molecule has 2 aliphatic heterocycles. The van der Waals surface area contributed by atoms with Crippen LogP contribution in [-0.4, -0.2) is 55.7 Å². The van der Waals surface area contributed by atoms with Crippen LogP contribution in [-0.2, 0) is 20.7 Å². The van der Waals surface area contributed by atoms with E-state index in [1.54, 1.807) is 46.2 Å². The van der Waals surface area contributed by atoms with E-state index in [0.717, 1.165) is 0 Å². The van der Waals surface area contributed by atoms with E-state index in [0.29, 0.717) is 61.2 Å². The van der Waals surface area contributed by atoms with Crippen molar-refractivity contribution in [1.82, 2.24) is 4.90 Å². The fraction of sp³-hybridized carbons (Fsp3) is 0.308. The van der Waals surface area contributed by atoms with E-state index >= 15 is 0 Å². The van der Waals surface area contributed by atoms with Crippen LogP contribution in [0.4, 0.5) is 10.1 Å². The normalized spacial score (nSPS) is 17.7. The average molecular weight is 464 g/mol. The van der Waals surface area contributed by atoms with Gasteiger partial charge in [-0.15, -0.1) is 0 Å². The van der Waals surface area contributed by atoms with E-state index in [9.17, 15) is 14.0 Å². The van der Waals surface area contributed by atoms with Gasteiger partial charge in [0.25, 0.3) is 5.91 Å². The minimum Gasteiger partial charge on any atom is -0.476 e. The van der Waals surface area contributed by atoms with Crippen molar-refractivity contribution in [2.75, 3.05) is 37.7 Å². The van der Waals surface area contributed by atoms with Crippen molar-refractivity contribution < 1.29 is 27.9 Å². The van der Waals surface area contributed by atoms with Crippen molar-refractivity contribution in [2.45, 2.75) is 18.9 Å². The summed E-state index contributed by atoms with van der Waals surface area (Å²) in [5.41, 5.74) is 1.02. The standard InChI is InChI=1S/C26H25FN2O5/c27-20-6-2-1-5-19(20)22-11-9-18(33-22)10-12-25(30)29-17-24(26(31)28-13-15-32-16-14-28)34-23-8-4-3-7-21(23)29/h1-9,11,24H,10,12-17H2/t24-/m0/s1. The first-order chi connectivity index (χ1) is 16.6.